The predicted octanol–water partition coefficient (Wildman–Crippen LogP) is 2.49. The molecule has 0 spiro atoms. The Balaban J connectivity index is 3.48. The fraction of sp³-hybridized carbons (Fsp3) is 1.00. The molecule has 0 fully saturated rings. The Hall–Kier alpha value is 0.0300. The maximum absolute atomic E-state index is 10.6. The van der Waals surface area contributed by atoms with E-state index in [2.05, 4.69) is 11.4 Å². The monoisotopic (exact) mass is 298 g/mol. The lowest BCUT2D eigenvalue weighted by molar-refractivity contribution is -0.0362. The Kier molecular flexibility index (Phi) is 10.8. The molecular weight excluding hydrogens is 271 g/mol. The van der Waals surface area contributed by atoms with Crippen molar-refractivity contribution in [2.24, 2.45) is 0 Å². The van der Waals surface area contributed by atoms with Gasteiger partial charge in [0.05, 0.1) is 25.4 Å². The van der Waals surface area contributed by atoms with Gasteiger partial charge in [0.2, 0.25) is 0 Å². The molecule has 0 amide bonds. The smallest absolute Gasteiger partial charge is 0.379 e. The molecule has 116 valence electrons. The Morgan fingerprint density at radius 3 is 2.32 bits per heavy atom. The van der Waals surface area contributed by atoms with Crippen LogP contribution in [0.4, 0.5) is 0 Å². The van der Waals surface area contributed by atoms with Crippen LogP contribution < -0.4 is 0 Å². The summed E-state index contributed by atoms with van der Waals surface area (Å²) in [5, 5.41) is 0. The molecule has 0 saturated carbocycles. The van der Waals surface area contributed by atoms with E-state index < -0.39 is 13.9 Å². The number of unbranched alkanes of at least 4 members (excludes halogenated alkanes) is 3. The minimum atomic E-state index is -4.43. The molecule has 19 heavy (non-hydrogen) atoms. The van der Waals surface area contributed by atoms with Gasteiger partial charge in [-0.2, -0.15) is 0 Å². The summed E-state index contributed by atoms with van der Waals surface area (Å²) in [6.07, 6.45) is 3.91. The van der Waals surface area contributed by atoms with E-state index in [1.807, 2.05) is 6.92 Å². The molecule has 6 nitrogen and oxygen atoms in total. The summed E-state index contributed by atoms with van der Waals surface area (Å²) in [5.74, 6) is 0. The zero-order valence-electron chi connectivity index (χ0n) is 12.1. The molecule has 2 N–H and O–H groups in total. The standard InChI is InChI=1S/C12H27O6P/c1-4-5-6-7-8-16-9-11(2)17-10-12(3)18-19(13,14)15/h11-12H,4-10H2,1-3H3,(H2,13,14,15). The summed E-state index contributed by atoms with van der Waals surface area (Å²) in [7, 11) is -4.43. The molecule has 2 unspecified atom stereocenters. The highest BCUT2D eigenvalue weighted by Crippen LogP contribution is 2.37. The van der Waals surface area contributed by atoms with E-state index in [-0.39, 0.29) is 12.7 Å². The second-order valence-electron chi connectivity index (χ2n) is 4.69. The average Bonchev–Trinajstić information content (AvgIpc) is 2.29. The van der Waals surface area contributed by atoms with Crippen molar-refractivity contribution in [3.8, 4) is 0 Å². The SMILES string of the molecule is CCCCCCOCC(C)OCC(C)OP(=O)(O)O. The minimum Gasteiger partial charge on any atom is -0.379 e. The van der Waals surface area contributed by atoms with E-state index in [1.54, 1.807) is 6.92 Å². The van der Waals surface area contributed by atoms with Crippen LogP contribution in [0.3, 0.4) is 0 Å². The van der Waals surface area contributed by atoms with Gasteiger partial charge in [-0.3, -0.25) is 4.52 Å². The minimum absolute atomic E-state index is 0.117. The van der Waals surface area contributed by atoms with E-state index in [1.165, 1.54) is 19.3 Å². The first-order valence-electron chi connectivity index (χ1n) is 6.78. The van der Waals surface area contributed by atoms with Crippen LogP contribution in [-0.4, -0.2) is 41.8 Å². The topological polar surface area (TPSA) is 85.2 Å². The third-order valence-electron chi connectivity index (χ3n) is 2.43. The molecule has 0 rings (SSSR count). The van der Waals surface area contributed by atoms with E-state index in [0.29, 0.717) is 6.61 Å². The molecule has 0 aliphatic rings. The van der Waals surface area contributed by atoms with E-state index in [9.17, 15) is 4.57 Å². The van der Waals surface area contributed by atoms with Crippen molar-refractivity contribution in [1.82, 2.24) is 0 Å². The van der Waals surface area contributed by atoms with Crippen LogP contribution in [0.25, 0.3) is 0 Å². The van der Waals surface area contributed by atoms with Gasteiger partial charge in [0.15, 0.2) is 0 Å². The van der Waals surface area contributed by atoms with Crippen molar-refractivity contribution in [2.45, 2.75) is 58.7 Å². The Labute approximate surface area is 115 Å². The van der Waals surface area contributed by atoms with Gasteiger partial charge >= 0.3 is 7.82 Å². The highest BCUT2D eigenvalue weighted by molar-refractivity contribution is 7.46. The number of phosphoric acid groups is 1. The summed E-state index contributed by atoms with van der Waals surface area (Å²) >= 11 is 0. The van der Waals surface area contributed by atoms with Gasteiger partial charge in [0.25, 0.3) is 0 Å². The van der Waals surface area contributed by atoms with Crippen LogP contribution in [-0.2, 0) is 18.6 Å². The van der Waals surface area contributed by atoms with Gasteiger partial charge < -0.3 is 19.3 Å². The van der Waals surface area contributed by atoms with Crippen LogP contribution in [0, 0.1) is 0 Å². The molecule has 0 aliphatic heterocycles. The normalized spacial score (nSPS) is 15.4. The lowest BCUT2D eigenvalue weighted by Gasteiger charge is -2.17. The molecule has 0 aromatic heterocycles. The molecule has 2 atom stereocenters. The van der Waals surface area contributed by atoms with Gasteiger partial charge in [0, 0.05) is 6.61 Å². The lowest BCUT2D eigenvalue weighted by atomic mass is 10.2. The van der Waals surface area contributed by atoms with Gasteiger partial charge in [-0.05, 0) is 20.3 Å². The Morgan fingerprint density at radius 1 is 1.05 bits per heavy atom. The van der Waals surface area contributed by atoms with Crippen LogP contribution in [0.1, 0.15) is 46.5 Å². The van der Waals surface area contributed by atoms with E-state index >= 15 is 0 Å². The van der Waals surface area contributed by atoms with Crippen LogP contribution in [0.5, 0.6) is 0 Å². The Bertz CT molecular complexity index is 255. The summed E-state index contributed by atoms with van der Waals surface area (Å²) in [5.41, 5.74) is 0. The first-order chi connectivity index (χ1) is 8.85. The Morgan fingerprint density at radius 2 is 1.74 bits per heavy atom. The van der Waals surface area contributed by atoms with E-state index in [4.69, 9.17) is 19.3 Å². The van der Waals surface area contributed by atoms with Crippen molar-refractivity contribution in [3.63, 3.8) is 0 Å². The summed E-state index contributed by atoms with van der Waals surface area (Å²) in [6, 6.07) is 0. The molecule has 0 aromatic carbocycles. The maximum Gasteiger partial charge on any atom is 0.469 e. The van der Waals surface area contributed by atoms with Crippen molar-refractivity contribution in [3.05, 3.63) is 0 Å². The highest BCUT2D eigenvalue weighted by Gasteiger charge is 2.19. The van der Waals surface area contributed by atoms with Crippen LogP contribution in [0.2, 0.25) is 0 Å². The third-order valence-corrected chi connectivity index (χ3v) is 3.06. The lowest BCUT2D eigenvalue weighted by Crippen LogP contribution is -2.23. The van der Waals surface area contributed by atoms with E-state index in [0.717, 1.165) is 13.0 Å². The number of phosphoric ester groups is 1. The van der Waals surface area contributed by atoms with Gasteiger partial charge in [-0.25, -0.2) is 4.57 Å². The largest absolute Gasteiger partial charge is 0.469 e. The van der Waals surface area contributed by atoms with Crippen LogP contribution in [0.15, 0.2) is 0 Å². The predicted molar refractivity (Wildman–Crippen MR) is 73.0 cm³/mol. The van der Waals surface area contributed by atoms with Gasteiger partial charge in [-0.15, -0.1) is 0 Å². The van der Waals surface area contributed by atoms with Gasteiger partial charge in [-0.1, -0.05) is 26.2 Å². The van der Waals surface area contributed by atoms with Gasteiger partial charge in [0.1, 0.15) is 0 Å². The average molecular weight is 298 g/mol. The number of hydrogen-bond donors (Lipinski definition) is 2. The summed E-state index contributed by atoms with van der Waals surface area (Å²) in [6.45, 7) is 6.91. The molecule has 7 heteroatoms. The quantitative estimate of drug-likeness (QED) is 0.425. The second kappa shape index (κ2) is 10.8. The molecule has 0 radical (unpaired) electrons. The summed E-state index contributed by atoms with van der Waals surface area (Å²) in [4.78, 5) is 17.2. The van der Waals surface area contributed by atoms with Crippen LogP contribution >= 0.6 is 7.82 Å². The number of hydrogen-bond acceptors (Lipinski definition) is 4. The fourth-order valence-electron chi connectivity index (χ4n) is 1.49. The molecule has 0 saturated heterocycles. The molecule has 0 heterocycles. The number of ether oxygens (including phenoxy) is 2. The zero-order valence-corrected chi connectivity index (χ0v) is 13.0. The summed E-state index contributed by atoms with van der Waals surface area (Å²) < 4.78 is 25.9. The fourth-order valence-corrected chi connectivity index (χ4v) is 2.02. The van der Waals surface area contributed by atoms with Crippen molar-refractivity contribution < 1.29 is 28.3 Å². The second-order valence-corrected chi connectivity index (χ2v) is 5.88. The molecule has 0 aliphatic carbocycles. The maximum atomic E-state index is 10.6. The highest BCUT2D eigenvalue weighted by atomic mass is 31.2. The third kappa shape index (κ3) is 14.3. The first-order valence-corrected chi connectivity index (χ1v) is 8.31. The van der Waals surface area contributed by atoms with Crippen molar-refractivity contribution in [1.29, 1.82) is 0 Å². The van der Waals surface area contributed by atoms with Crippen molar-refractivity contribution in [2.75, 3.05) is 19.8 Å². The number of rotatable bonds is 12. The van der Waals surface area contributed by atoms with Crippen molar-refractivity contribution >= 4 is 7.82 Å². The molecular formula is C12H27O6P. The molecule has 0 aromatic rings. The first kappa shape index (κ1) is 19.0. The molecule has 0 bridgehead atoms. The zero-order chi connectivity index (χ0) is 14.7.